The lowest BCUT2D eigenvalue weighted by Crippen LogP contribution is -2.11. The van der Waals surface area contributed by atoms with E-state index in [0.29, 0.717) is 37.9 Å². The molecule has 1 aromatic heterocycles. The number of hydrogen-bond donors (Lipinski definition) is 1. The summed E-state index contributed by atoms with van der Waals surface area (Å²) >= 11 is 0. The standard InChI is InChI=1S/C9H15N3O2/c1-2-13-5-6-14-9-8(7-10)11-3-4-12-9/h3-4H,2,5-7,10H2,1H3. The highest BCUT2D eigenvalue weighted by atomic mass is 16.5. The van der Waals surface area contributed by atoms with Crippen molar-refractivity contribution in [3.05, 3.63) is 18.1 Å². The minimum Gasteiger partial charge on any atom is -0.474 e. The molecule has 0 aromatic carbocycles. The van der Waals surface area contributed by atoms with E-state index in [0.717, 1.165) is 0 Å². The van der Waals surface area contributed by atoms with Crippen molar-refractivity contribution >= 4 is 0 Å². The molecule has 0 aliphatic carbocycles. The van der Waals surface area contributed by atoms with Crippen molar-refractivity contribution in [2.24, 2.45) is 5.73 Å². The molecule has 1 aromatic rings. The van der Waals surface area contributed by atoms with Gasteiger partial charge in [0, 0.05) is 25.5 Å². The van der Waals surface area contributed by atoms with Crippen LogP contribution in [0, 0.1) is 0 Å². The highest BCUT2D eigenvalue weighted by Crippen LogP contribution is 2.09. The van der Waals surface area contributed by atoms with Crippen molar-refractivity contribution in [2.75, 3.05) is 19.8 Å². The van der Waals surface area contributed by atoms with Crippen LogP contribution in [0.15, 0.2) is 12.4 Å². The van der Waals surface area contributed by atoms with Crippen LogP contribution >= 0.6 is 0 Å². The van der Waals surface area contributed by atoms with E-state index in [1.165, 1.54) is 0 Å². The average molecular weight is 197 g/mol. The van der Waals surface area contributed by atoms with E-state index in [9.17, 15) is 0 Å². The molecule has 0 saturated carbocycles. The first kappa shape index (κ1) is 10.9. The van der Waals surface area contributed by atoms with E-state index in [1.807, 2.05) is 6.92 Å². The first-order valence-corrected chi connectivity index (χ1v) is 4.59. The Morgan fingerprint density at radius 2 is 2.07 bits per heavy atom. The van der Waals surface area contributed by atoms with Crippen molar-refractivity contribution in [3.8, 4) is 5.88 Å². The minimum atomic E-state index is 0.331. The molecule has 78 valence electrons. The second kappa shape index (κ2) is 6.28. The smallest absolute Gasteiger partial charge is 0.237 e. The molecular weight excluding hydrogens is 182 g/mol. The zero-order chi connectivity index (χ0) is 10.2. The Labute approximate surface area is 83.3 Å². The van der Waals surface area contributed by atoms with Gasteiger partial charge in [-0.25, -0.2) is 4.98 Å². The fourth-order valence-corrected chi connectivity index (χ4v) is 0.956. The number of rotatable bonds is 6. The maximum atomic E-state index is 5.47. The summed E-state index contributed by atoms with van der Waals surface area (Å²) in [6.07, 6.45) is 3.17. The van der Waals surface area contributed by atoms with Crippen molar-refractivity contribution in [2.45, 2.75) is 13.5 Å². The molecule has 1 rings (SSSR count). The first-order chi connectivity index (χ1) is 6.88. The molecule has 14 heavy (non-hydrogen) atoms. The van der Waals surface area contributed by atoms with Gasteiger partial charge < -0.3 is 15.2 Å². The van der Waals surface area contributed by atoms with Crippen LogP contribution in [0.4, 0.5) is 0 Å². The highest BCUT2D eigenvalue weighted by Gasteiger charge is 2.03. The zero-order valence-electron chi connectivity index (χ0n) is 8.27. The lowest BCUT2D eigenvalue weighted by molar-refractivity contribution is 0.108. The van der Waals surface area contributed by atoms with Gasteiger partial charge in [-0.15, -0.1) is 0 Å². The molecule has 0 aliphatic rings. The summed E-state index contributed by atoms with van der Waals surface area (Å²) in [5.41, 5.74) is 6.14. The molecule has 0 spiro atoms. The maximum Gasteiger partial charge on any atom is 0.237 e. The van der Waals surface area contributed by atoms with Gasteiger partial charge in [0.1, 0.15) is 12.3 Å². The maximum absolute atomic E-state index is 5.47. The first-order valence-electron chi connectivity index (χ1n) is 4.59. The van der Waals surface area contributed by atoms with Gasteiger partial charge in [0.2, 0.25) is 5.88 Å². The van der Waals surface area contributed by atoms with Crippen molar-refractivity contribution in [3.63, 3.8) is 0 Å². The summed E-state index contributed by atoms with van der Waals surface area (Å²) in [6.45, 7) is 3.98. The van der Waals surface area contributed by atoms with Gasteiger partial charge in [0.05, 0.1) is 6.61 Å². The molecule has 0 amide bonds. The molecule has 5 nitrogen and oxygen atoms in total. The molecule has 0 radical (unpaired) electrons. The summed E-state index contributed by atoms with van der Waals surface area (Å²) in [6, 6.07) is 0. The van der Waals surface area contributed by atoms with Gasteiger partial charge in [-0.3, -0.25) is 4.98 Å². The van der Waals surface area contributed by atoms with Crippen LogP contribution in [-0.4, -0.2) is 29.8 Å². The van der Waals surface area contributed by atoms with Gasteiger partial charge in [-0.05, 0) is 6.92 Å². The van der Waals surface area contributed by atoms with Crippen LogP contribution in [-0.2, 0) is 11.3 Å². The highest BCUT2D eigenvalue weighted by molar-refractivity contribution is 5.16. The molecule has 0 bridgehead atoms. The number of nitrogens with two attached hydrogens (primary N) is 1. The Morgan fingerprint density at radius 3 is 2.79 bits per heavy atom. The van der Waals surface area contributed by atoms with Crippen molar-refractivity contribution in [1.82, 2.24) is 9.97 Å². The SMILES string of the molecule is CCOCCOc1nccnc1CN. The summed E-state index contributed by atoms with van der Waals surface area (Å²) in [4.78, 5) is 8.07. The summed E-state index contributed by atoms with van der Waals surface area (Å²) in [5.74, 6) is 0.495. The average Bonchev–Trinajstić information content (AvgIpc) is 2.25. The minimum absolute atomic E-state index is 0.331. The summed E-state index contributed by atoms with van der Waals surface area (Å²) in [5, 5.41) is 0. The fraction of sp³-hybridized carbons (Fsp3) is 0.556. The van der Waals surface area contributed by atoms with E-state index in [1.54, 1.807) is 12.4 Å². The molecule has 0 aliphatic heterocycles. The van der Waals surface area contributed by atoms with Crippen molar-refractivity contribution < 1.29 is 9.47 Å². The van der Waals surface area contributed by atoms with Crippen LogP contribution in [0.25, 0.3) is 0 Å². The Hall–Kier alpha value is -1.20. The fourth-order valence-electron chi connectivity index (χ4n) is 0.956. The third-order valence-electron chi connectivity index (χ3n) is 1.60. The van der Waals surface area contributed by atoms with E-state index in [4.69, 9.17) is 15.2 Å². The van der Waals surface area contributed by atoms with Gasteiger partial charge in [-0.1, -0.05) is 0 Å². The van der Waals surface area contributed by atoms with Crippen LogP contribution < -0.4 is 10.5 Å². The second-order valence-electron chi connectivity index (χ2n) is 2.56. The summed E-state index contributed by atoms with van der Waals surface area (Å²) < 4.78 is 10.5. The number of ether oxygens (including phenoxy) is 2. The van der Waals surface area contributed by atoms with Crippen LogP contribution in [0.2, 0.25) is 0 Å². The van der Waals surface area contributed by atoms with Crippen molar-refractivity contribution in [1.29, 1.82) is 0 Å². The Balaban J connectivity index is 2.41. The Bertz CT molecular complexity index is 268. The monoisotopic (exact) mass is 197 g/mol. The molecule has 0 saturated heterocycles. The predicted molar refractivity (Wildman–Crippen MR) is 51.9 cm³/mol. The normalized spacial score (nSPS) is 10.1. The van der Waals surface area contributed by atoms with Gasteiger partial charge in [-0.2, -0.15) is 0 Å². The number of aromatic nitrogens is 2. The van der Waals surface area contributed by atoms with Gasteiger partial charge >= 0.3 is 0 Å². The van der Waals surface area contributed by atoms with E-state index < -0.39 is 0 Å². The van der Waals surface area contributed by atoms with Crippen LogP contribution in [0.5, 0.6) is 5.88 Å². The van der Waals surface area contributed by atoms with Crippen LogP contribution in [0.3, 0.4) is 0 Å². The Kier molecular flexibility index (Phi) is 4.88. The summed E-state index contributed by atoms with van der Waals surface area (Å²) in [7, 11) is 0. The molecule has 1 heterocycles. The van der Waals surface area contributed by atoms with Gasteiger partial charge in [0.15, 0.2) is 0 Å². The van der Waals surface area contributed by atoms with E-state index >= 15 is 0 Å². The van der Waals surface area contributed by atoms with E-state index in [2.05, 4.69) is 9.97 Å². The molecule has 0 unspecified atom stereocenters. The quantitative estimate of drug-likeness (QED) is 0.666. The largest absolute Gasteiger partial charge is 0.474 e. The predicted octanol–water partition coefficient (Wildman–Crippen LogP) is 0.351. The lowest BCUT2D eigenvalue weighted by Gasteiger charge is -2.07. The van der Waals surface area contributed by atoms with E-state index in [-0.39, 0.29) is 0 Å². The van der Waals surface area contributed by atoms with Gasteiger partial charge in [0.25, 0.3) is 0 Å². The molecular formula is C9H15N3O2. The molecule has 0 atom stereocenters. The third-order valence-corrected chi connectivity index (χ3v) is 1.60. The zero-order valence-corrected chi connectivity index (χ0v) is 8.27. The second-order valence-corrected chi connectivity index (χ2v) is 2.56. The number of hydrogen-bond acceptors (Lipinski definition) is 5. The molecule has 5 heteroatoms. The number of nitrogens with zero attached hydrogens (tertiary/aromatic N) is 2. The third kappa shape index (κ3) is 3.27. The molecule has 2 N–H and O–H groups in total. The van der Waals surface area contributed by atoms with Crippen LogP contribution in [0.1, 0.15) is 12.6 Å². The lowest BCUT2D eigenvalue weighted by atomic mass is 10.4. The topological polar surface area (TPSA) is 70.3 Å². The Morgan fingerprint density at radius 1 is 1.29 bits per heavy atom. The molecule has 0 fully saturated rings.